The van der Waals surface area contributed by atoms with Crippen LogP contribution in [0, 0.1) is 0 Å². The third-order valence-corrected chi connectivity index (χ3v) is 3.99. The summed E-state index contributed by atoms with van der Waals surface area (Å²) in [5.74, 6) is 0.594. The van der Waals surface area contributed by atoms with Gasteiger partial charge in [-0.25, -0.2) is 0 Å². The standard InChI is InChI=1S/C17H26N2O4/c1-3-8-18(14(2)20)13-17(21)19(11-15-6-4-9-22-15)12-16-7-5-10-23-16/h4,6,9,16H,3,5,7-8,10-13H2,1-2H3. The van der Waals surface area contributed by atoms with Crippen molar-refractivity contribution in [2.75, 3.05) is 26.2 Å². The Hall–Kier alpha value is -1.82. The highest BCUT2D eigenvalue weighted by Crippen LogP contribution is 2.16. The van der Waals surface area contributed by atoms with E-state index in [2.05, 4.69) is 0 Å². The van der Waals surface area contributed by atoms with Crippen LogP contribution in [0.15, 0.2) is 22.8 Å². The molecular weight excluding hydrogens is 296 g/mol. The second-order valence-corrected chi connectivity index (χ2v) is 5.93. The lowest BCUT2D eigenvalue weighted by Crippen LogP contribution is -2.44. The monoisotopic (exact) mass is 322 g/mol. The van der Waals surface area contributed by atoms with Crippen LogP contribution >= 0.6 is 0 Å². The van der Waals surface area contributed by atoms with E-state index in [1.54, 1.807) is 16.1 Å². The van der Waals surface area contributed by atoms with Gasteiger partial charge in [0.15, 0.2) is 0 Å². The van der Waals surface area contributed by atoms with E-state index >= 15 is 0 Å². The van der Waals surface area contributed by atoms with Crippen molar-refractivity contribution >= 4 is 11.8 Å². The van der Waals surface area contributed by atoms with Crippen molar-refractivity contribution in [1.82, 2.24) is 9.80 Å². The molecule has 0 radical (unpaired) electrons. The molecule has 1 aliphatic heterocycles. The van der Waals surface area contributed by atoms with Gasteiger partial charge in [0.1, 0.15) is 5.76 Å². The van der Waals surface area contributed by atoms with E-state index in [9.17, 15) is 9.59 Å². The molecule has 2 heterocycles. The Bertz CT molecular complexity index is 495. The number of hydrogen-bond donors (Lipinski definition) is 0. The van der Waals surface area contributed by atoms with E-state index in [1.165, 1.54) is 6.92 Å². The van der Waals surface area contributed by atoms with Crippen LogP contribution in [0.5, 0.6) is 0 Å². The van der Waals surface area contributed by atoms with E-state index in [0.717, 1.165) is 31.6 Å². The van der Waals surface area contributed by atoms with Crippen LogP contribution in [-0.2, 0) is 20.9 Å². The van der Waals surface area contributed by atoms with Crippen molar-refractivity contribution in [3.05, 3.63) is 24.2 Å². The van der Waals surface area contributed by atoms with Gasteiger partial charge in [0.05, 0.1) is 25.5 Å². The summed E-state index contributed by atoms with van der Waals surface area (Å²) < 4.78 is 11.0. The van der Waals surface area contributed by atoms with Gasteiger partial charge in [-0.2, -0.15) is 0 Å². The normalized spacial score (nSPS) is 17.2. The third-order valence-electron chi connectivity index (χ3n) is 3.99. The van der Waals surface area contributed by atoms with Crippen LogP contribution < -0.4 is 0 Å². The van der Waals surface area contributed by atoms with E-state index in [4.69, 9.17) is 9.15 Å². The van der Waals surface area contributed by atoms with Crippen LogP contribution in [0.25, 0.3) is 0 Å². The summed E-state index contributed by atoms with van der Waals surface area (Å²) in [7, 11) is 0. The number of furan rings is 1. The predicted molar refractivity (Wildman–Crippen MR) is 85.6 cm³/mol. The molecule has 23 heavy (non-hydrogen) atoms. The third kappa shape index (κ3) is 5.39. The van der Waals surface area contributed by atoms with Crippen molar-refractivity contribution < 1.29 is 18.7 Å². The van der Waals surface area contributed by atoms with Crippen LogP contribution in [0.3, 0.4) is 0 Å². The van der Waals surface area contributed by atoms with Gasteiger partial charge < -0.3 is 19.0 Å². The zero-order chi connectivity index (χ0) is 16.7. The van der Waals surface area contributed by atoms with Gasteiger partial charge >= 0.3 is 0 Å². The fourth-order valence-corrected chi connectivity index (χ4v) is 2.76. The van der Waals surface area contributed by atoms with Crippen LogP contribution in [-0.4, -0.2) is 54.0 Å². The summed E-state index contributed by atoms with van der Waals surface area (Å²) in [4.78, 5) is 27.7. The average Bonchev–Trinajstić information content (AvgIpc) is 3.19. The number of hydrogen-bond acceptors (Lipinski definition) is 4. The van der Waals surface area contributed by atoms with Gasteiger partial charge in [-0.3, -0.25) is 9.59 Å². The highest BCUT2D eigenvalue weighted by atomic mass is 16.5. The number of carbonyl (C=O) groups excluding carboxylic acids is 2. The molecule has 128 valence electrons. The highest BCUT2D eigenvalue weighted by Gasteiger charge is 2.25. The first kappa shape index (κ1) is 17.5. The largest absolute Gasteiger partial charge is 0.467 e. The van der Waals surface area contributed by atoms with E-state index in [-0.39, 0.29) is 24.5 Å². The van der Waals surface area contributed by atoms with Crippen molar-refractivity contribution in [3.8, 4) is 0 Å². The van der Waals surface area contributed by atoms with Gasteiger partial charge in [-0.05, 0) is 31.4 Å². The quantitative estimate of drug-likeness (QED) is 0.735. The Labute approximate surface area is 137 Å². The Morgan fingerprint density at radius 1 is 1.35 bits per heavy atom. The lowest BCUT2D eigenvalue weighted by atomic mass is 10.2. The van der Waals surface area contributed by atoms with Crippen LogP contribution in [0.1, 0.15) is 38.9 Å². The van der Waals surface area contributed by atoms with Gasteiger partial charge in [-0.15, -0.1) is 0 Å². The summed E-state index contributed by atoms with van der Waals surface area (Å²) in [6.07, 6.45) is 4.50. The molecule has 0 aliphatic carbocycles. The topological polar surface area (TPSA) is 63.0 Å². The molecule has 0 N–H and O–H groups in total. The molecule has 0 bridgehead atoms. The molecule has 1 unspecified atom stereocenters. The van der Waals surface area contributed by atoms with E-state index < -0.39 is 0 Å². The number of amides is 2. The fraction of sp³-hybridized carbons (Fsp3) is 0.647. The zero-order valence-corrected chi connectivity index (χ0v) is 14.0. The molecule has 0 spiro atoms. The second kappa shape index (κ2) is 8.72. The average molecular weight is 322 g/mol. The molecule has 1 aliphatic rings. The van der Waals surface area contributed by atoms with Crippen LogP contribution in [0.4, 0.5) is 0 Å². The molecule has 6 nitrogen and oxygen atoms in total. The Morgan fingerprint density at radius 3 is 2.74 bits per heavy atom. The summed E-state index contributed by atoms with van der Waals surface area (Å²) >= 11 is 0. The lowest BCUT2D eigenvalue weighted by molar-refractivity contribution is -0.141. The Kier molecular flexibility index (Phi) is 6.65. The van der Waals surface area contributed by atoms with Gasteiger partial charge in [0.25, 0.3) is 0 Å². The lowest BCUT2D eigenvalue weighted by Gasteiger charge is -2.28. The fourth-order valence-electron chi connectivity index (χ4n) is 2.76. The summed E-state index contributed by atoms with van der Waals surface area (Å²) in [6.45, 7) is 5.89. The minimum atomic E-state index is -0.0738. The second-order valence-electron chi connectivity index (χ2n) is 5.93. The van der Waals surface area contributed by atoms with E-state index in [1.807, 2.05) is 19.1 Å². The summed E-state index contributed by atoms with van der Waals surface area (Å²) in [6, 6.07) is 3.66. The smallest absolute Gasteiger partial charge is 0.242 e. The maximum absolute atomic E-state index is 12.7. The number of ether oxygens (including phenoxy) is 1. The maximum atomic E-state index is 12.7. The number of nitrogens with zero attached hydrogens (tertiary/aromatic N) is 2. The predicted octanol–water partition coefficient (Wildman–Crippen LogP) is 2.05. The molecule has 2 amide bonds. The molecule has 1 fully saturated rings. The highest BCUT2D eigenvalue weighted by molar-refractivity contribution is 5.83. The Balaban J connectivity index is 2.01. The minimum Gasteiger partial charge on any atom is -0.467 e. The number of carbonyl (C=O) groups is 2. The molecule has 2 rings (SSSR count). The Morgan fingerprint density at radius 2 is 2.17 bits per heavy atom. The molecule has 1 saturated heterocycles. The summed E-state index contributed by atoms with van der Waals surface area (Å²) in [5, 5.41) is 0. The molecule has 1 aromatic rings. The van der Waals surface area contributed by atoms with Gasteiger partial charge in [0.2, 0.25) is 11.8 Å². The molecule has 0 saturated carbocycles. The first-order chi connectivity index (χ1) is 11.1. The van der Waals surface area contributed by atoms with Crippen LogP contribution in [0.2, 0.25) is 0 Å². The van der Waals surface area contributed by atoms with Crippen molar-refractivity contribution in [1.29, 1.82) is 0 Å². The van der Waals surface area contributed by atoms with Crippen molar-refractivity contribution in [3.63, 3.8) is 0 Å². The van der Waals surface area contributed by atoms with Gasteiger partial charge in [0, 0.05) is 26.6 Å². The first-order valence-corrected chi connectivity index (χ1v) is 8.27. The maximum Gasteiger partial charge on any atom is 0.242 e. The molecular formula is C17H26N2O4. The summed E-state index contributed by atoms with van der Waals surface area (Å²) in [5.41, 5.74) is 0. The molecule has 1 atom stereocenters. The van der Waals surface area contributed by atoms with Crippen molar-refractivity contribution in [2.45, 2.75) is 45.8 Å². The van der Waals surface area contributed by atoms with E-state index in [0.29, 0.717) is 19.6 Å². The van der Waals surface area contributed by atoms with Gasteiger partial charge in [-0.1, -0.05) is 6.92 Å². The number of rotatable bonds is 8. The SMILES string of the molecule is CCCN(CC(=O)N(Cc1ccco1)CC1CCCO1)C(C)=O. The first-order valence-electron chi connectivity index (χ1n) is 8.27. The zero-order valence-electron chi connectivity index (χ0n) is 14.0. The minimum absolute atomic E-state index is 0.0689. The molecule has 1 aromatic heterocycles. The molecule has 0 aromatic carbocycles. The molecule has 6 heteroatoms. The van der Waals surface area contributed by atoms with Crippen molar-refractivity contribution in [2.24, 2.45) is 0 Å².